The lowest BCUT2D eigenvalue weighted by molar-refractivity contribution is 0.185. The Balaban J connectivity index is 2.17. The van der Waals surface area contributed by atoms with E-state index in [1.54, 1.807) is 4.90 Å². The maximum atomic E-state index is 12.7. The van der Waals surface area contributed by atoms with Crippen molar-refractivity contribution in [3.63, 3.8) is 0 Å². The van der Waals surface area contributed by atoms with Crippen molar-refractivity contribution in [2.24, 2.45) is 0 Å². The molecule has 24 heavy (non-hydrogen) atoms. The average Bonchev–Trinajstić information content (AvgIpc) is 2.55. The number of rotatable bonds is 5. The maximum absolute atomic E-state index is 12.7. The highest BCUT2D eigenvalue weighted by Crippen LogP contribution is 2.29. The maximum Gasteiger partial charge on any atom is 0.322 e. The summed E-state index contributed by atoms with van der Waals surface area (Å²) in [6.07, 6.45) is 0. The number of carbonyl (C=O) groups is 1. The van der Waals surface area contributed by atoms with E-state index in [4.69, 9.17) is 0 Å². The molecule has 2 N–H and O–H groups in total. The van der Waals surface area contributed by atoms with Crippen LogP contribution in [0.2, 0.25) is 0 Å². The van der Waals surface area contributed by atoms with E-state index in [2.05, 4.69) is 26.1 Å². The van der Waals surface area contributed by atoms with E-state index in [1.807, 2.05) is 54.6 Å². The highest BCUT2D eigenvalue weighted by Gasteiger charge is 2.20. The van der Waals surface area contributed by atoms with E-state index in [0.29, 0.717) is 13.1 Å². The highest BCUT2D eigenvalue weighted by molar-refractivity contribution is 5.90. The van der Waals surface area contributed by atoms with Crippen LogP contribution in [0.15, 0.2) is 54.6 Å². The minimum absolute atomic E-state index is 0.0644. The van der Waals surface area contributed by atoms with Crippen LogP contribution in [0, 0.1) is 0 Å². The number of carbonyl (C=O) groups excluding carboxylic acids is 1. The first-order valence-corrected chi connectivity index (χ1v) is 8.22. The van der Waals surface area contributed by atoms with Crippen LogP contribution in [0.4, 0.5) is 10.5 Å². The van der Waals surface area contributed by atoms with E-state index in [-0.39, 0.29) is 18.1 Å². The fourth-order valence-electron chi connectivity index (χ4n) is 2.62. The number of nitrogens with zero attached hydrogens (tertiary/aromatic N) is 1. The molecule has 0 spiro atoms. The van der Waals surface area contributed by atoms with Crippen LogP contribution >= 0.6 is 0 Å². The summed E-state index contributed by atoms with van der Waals surface area (Å²) in [5, 5.41) is 12.3. The third-order valence-electron chi connectivity index (χ3n) is 3.85. The Morgan fingerprint density at radius 1 is 1.04 bits per heavy atom. The average molecular weight is 326 g/mol. The van der Waals surface area contributed by atoms with Gasteiger partial charge in [0.15, 0.2) is 0 Å². The molecule has 4 heteroatoms. The minimum Gasteiger partial charge on any atom is -0.395 e. The molecule has 0 fully saturated rings. The van der Waals surface area contributed by atoms with Crippen molar-refractivity contribution < 1.29 is 9.90 Å². The van der Waals surface area contributed by atoms with Crippen LogP contribution < -0.4 is 5.32 Å². The Morgan fingerprint density at radius 2 is 1.67 bits per heavy atom. The predicted molar refractivity (Wildman–Crippen MR) is 98.1 cm³/mol. The molecule has 0 aliphatic carbocycles. The molecule has 0 aromatic heterocycles. The molecule has 2 aromatic rings. The van der Waals surface area contributed by atoms with Gasteiger partial charge in [0.05, 0.1) is 6.61 Å². The van der Waals surface area contributed by atoms with Gasteiger partial charge < -0.3 is 15.3 Å². The fourth-order valence-corrected chi connectivity index (χ4v) is 2.62. The van der Waals surface area contributed by atoms with Crippen LogP contribution in [0.5, 0.6) is 0 Å². The molecule has 2 amide bonds. The lowest BCUT2D eigenvalue weighted by Crippen LogP contribution is -2.37. The van der Waals surface area contributed by atoms with Crippen molar-refractivity contribution in [2.45, 2.75) is 32.7 Å². The predicted octanol–water partition coefficient (Wildman–Crippen LogP) is 4.01. The first-order chi connectivity index (χ1) is 11.4. The second kappa shape index (κ2) is 7.97. The Hall–Kier alpha value is -2.33. The Labute approximate surface area is 144 Å². The van der Waals surface area contributed by atoms with Gasteiger partial charge in [0.1, 0.15) is 0 Å². The molecule has 2 aromatic carbocycles. The largest absolute Gasteiger partial charge is 0.395 e. The van der Waals surface area contributed by atoms with Crippen molar-refractivity contribution in [3.8, 4) is 0 Å². The molecule has 0 heterocycles. The third kappa shape index (κ3) is 4.83. The van der Waals surface area contributed by atoms with E-state index >= 15 is 0 Å². The van der Waals surface area contributed by atoms with E-state index < -0.39 is 0 Å². The summed E-state index contributed by atoms with van der Waals surface area (Å²) in [4.78, 5) is 14.3. The molecular formula is C20H26N2O2. The summed E-state index contributed by atoms with van der Waals surface area (Å²) in [7, 11) is 0. The Kier molecular flexibility index (Phi) is 5.99. The zero-order valence-electron chi connectivity index (χ0n) is 14.6. The van der Waals surface area contributed by atoms with Gasteiger partial charge in [-0.15, -0.1) is 0 Å². The molecule has 2 rings (SSSR count). The van der Waals surface area contributed by atoms with Gasteiger partial charge in [0.2, 0.25) is 0 Å². The smallest absolute Gasteiger partial charge is 0.322 e. The minimum atomic E-state index is -0.204. The topological polar surface area (TPSA) is 52.6 Å². The summed E-state index contributed by atoms with van der Waals surface area (Å²) in [5.41, 5.74) is 2.86. The lowest BCUT2D eigenvalue weighted by atomic mass is 9.86. The normalized spacial score (nSPS) is 11.2. The Bertz CT molecular complexity index is 663. The molecule has 0 saturated heterocycles. The van der Waals surface area contributed by atoms with Crippen LogP contribution in [-0.4, -0.2) is 29.2 Å². The van der Waals surface area contributed by atoms with Crippen LogP contribution in [-0.2, 0) is 12.0 Å². The van der Waals surface area contributed by atoms with Gasteiger partial charge in [-0.3, -0.25) is 0 Å². The van der Waals surface area contributed by atoms with Gasteiger partial charge in [0.25, 0.3) is 0 Å². The van der Waals surface area contributed by atoms with Crippen LogP contribution in [0.25, 0.3) is 0 Å². The molecule has 0 aliphatic heterocycles. The van der Waals surface area contributed by atoms with Crippen molar-refractivity contribution in [1.82, 2.24) is 4.90 Å². The fraction of sp³-hybridized carbons (Fsp3) is 0.350. The monoisotopic (exact) mass is 326 g/mol. The number of nitrogens with one attached hydrogen (secondary N) is 1. The second-order valence-corrected chi connectivity index (χ2v) is 6.86. The molecule has 128 valence electrons. The summed E-state index contributed by atoms with van der Waals surface area (Å²) in [6, 6.07) is 17.4. The lowest BCUT2D eigenvalue weighted by Gasteiger charge is -2.26. The molecule has 0 radical (unpaired) electrons. The zero-order chi connectivity index (χ0) is 17.6. The number of benzene rings is 2. The molecule has 4 nitrogen and oxygen atoms in total. The van der Waals surface area contributed by atoms with Gasteiger partial charge in [-0.25, -0.2) is 4.79 Å². The number of aliphatic hydroxyl groups is 1. The van der Waals surface area contributed by atoms with Crippen molar-refractivity contribution in [1.29, 1.82) is 0 Å². The Morgan fingerprint density at radius 3 is 2.29 bits per heavy atom. The van der Waals surface area contributed by atoms with Crippen LogP contribution in [0.3, 0.4) is 0 Å². The first-order valence-electron chi connectivity index (χ1n) is 8.22. The third-order valence-corrected chi connectivity index (χ3v) is 3.85. The number of anilines is 1. The number of amides is 2. The molecule has 0 aliphatic rings. The molecule has 0 atom stereocenters. The van der Waals surface area contributed by atoms with E-state index in [0.717, 1.165) is 16.8 Å². The van der Waals surface area contributed by atoms with Gasteiger partial charge >= 0.3 is 6.03 Å². The molecular weight excluding hydrogens is 300 g/mol. The van der Waals surface area contributed by atoms with Crippen molar-refractivity contribution in [3.05, 3.63) is 65.7 Å². The number of urea groups is 1. The summed E-state index contributed by atoms with van der Waals surface area (Å²) >= 11 is 0. The van der Waals surface area contributed by atoms with Gasteiger partial charge in [0, 0.05) is 18.8 Å². The number of hydrogen-bond acceptors (Lipinski definition) is 2. The quantitative estimate of drug-likeness (QED) is 0.872. The summed E-state index contributed by atoms with van der Waals surface area (Å²) < 4.78 is 0. The first kappa shape index (κ1) is 18.0. The van der Waals surface area contributed by atoms with Crippen molar-refractivity contribution >= 4 is 11.7 Å². The van der Waals surface area contributed by atoms with Gasteiger partial charge in [-0.2, -0.15) is 0 Å². The number of aliphatic hydroxyl groups excluding tert-OH is 1. The number of para-hydroxylation sites is 1. The summed E-state index contributed by atoms with van der Waals surface area (Å²) in [5.74, 6) is 0. The van der Waals surface area contributed by atoms with Gasteiger partial charge in [-0.05, 0) is 22.6 Å². The van der Waals surface area contributed by atoms with E-state index in [1.165, 1.54) is 0 Å². The highest BCUT2D eigenvalue weighted by atomic mass is 16.3. The van der Waals surface area contributed by atoms with E-state index in [9.17, 15) is 9.90 Å². The molecule has 0 bridgehead atoms. The molecule has 0 saturated carbocycles. The number of hydrogen-bond donors (Lipinski definition) is 2. The SMILES string of the molecule is CC(C)(C)c1ccccc1NC(=O)N(CCO)Cc1ccccc1. The van der Waals surface area contributed by atoms with Gasteiger partial charge in [-0.1, -0.05) is 69.3 Å². The zero-order valence-corrected chi connectivity index (χ0v) is 14.6. The second-order valence-electron chi connectivity index (χ2n) is 6.86. The van der Waals surface area contributed by atoms with Crippen LogP contribution in [0.1, 0.15) is 31.9 Å². The summed E-state index contributed by atoms with van der Waals surface area (Å²) in [6.45, 7) is 7.04. The van der Waals surface area contributed by atoms with Crippen molar-refractivity contribution in [2.75, 3.05) is 18.5 Å². The standard InChI is InChI=1S/C20H26N2O2/c1-20(2,3)17-11-7-8-12-18(17)21-19(24)22(13-14-23)15-16-9-5-4-6-10-16/h4-12,23H,13-15H2,1-3H3,(H,21,24). The molecule has 0 unspecified atom stereocenters.